The van der Waals surface area contributed by atoms with Gasteiger partial charge in [-0.2, -0.15) is 0 Å². The van der Waals surface area contributed by atoms with Crippen LogP contribution in [-0.2, 0) is 10.4 Å². The first-order chi connectivity index (χ1) is 24.2. The van der Waals surface area contributed by atoms with E-state index in [9.17, 15) is 0 Å². The number of hydrogen-bond donors (Lipinski definition) is 1. The van der Waals surface area contributed by atoms with Gasteiger partial charge >= 0.3 is 0 Å². The van der Waals surface area contributed by atoms with Crippen LogP contribution in [0, 0.1) is 0 Å². The van der Waals surface area contributed by atoms with Crippen LogP contribution in [0.4, 0.5) is 0 Å². The summed E-state index contributed by atoms with van der Waals surface area (Å²) >= 11 is 0. The van der Waals surface area contributed by atoms with Crippen molar-refractivity contribution in [3.8, 4) is 0 Å². The molecule has 50 heavy (non-hydrogen) atoms. The lowest BCUT2D eigenvalue weighted by molar-refractivity contribution is -0.927. The molecule has 0 heterocycles. The third kappa shape index (κ3) is 45.9. The van der Waals surface area contributed by atoms with Crippen molar-refractivity contribution < 1.29 is 22.0 Å². The molecule has 0 fully saturated rings. The minimum absolute atomic E-state index is 1.37. The second-order valence-electron chi connectivity index (χ2n) is 15.9. The summed E-state index contributed by atoms with van der Waals surface area (Å²) < 4.78 is 34.3. The van der Waals surface area contributed by atoms with Crippen molar-refractivity contribution in [3.63, 3.8) is 0 Å². The molecule has 0 aliphatic heterocycles. The summed E-state index contributed by atoms with van der Waals surface area (Å²) in [6, 6.07) is 0. The first-order valence-corrected chi connectivity index (χ1v) is 24.1. The van der Waals surface area contributed by atoms with Crippen LogP contribution in [0.5, 0.6) is 0 Å². The summed E-state index contributed by atoms with van der Waals surface area (Å²) in [4.78, 5) is 0. The molecule has 0 saturated heterocycles. The van der Waals surface area contributed by atoms with Crippen LogP contribution >= 0.6 is 0 Å². The predicted octanol–water partition coefficient (Wildman–Crippen LogP) is 14.9. The van der Waals surface area contributed by atoms with E-state index in [1.807, 2.05) is 0 Å². The Morgan fingerprint density at radius 3 is 0.620 bits per heavy atom. The quantitative estimate of drug-likeness (QED) is 0.0294. The van der Waals surface area contributed by atoms with Gasteiger partial charge < -0.3 is 9.04 Å². The number of unbranched alkanes of at least 4 members (excludes halogenated alkanes) is 33. The van der Waals surface area contributed by atoms with Crippen LogP contribution in [0.2, 0.25) is 0 Å². The van der Waals surface area contributed by atoms with Crippen LogP contribution in [0.3, 0.4) is 0 Å². The maximum absolute atomic E-state index is 8.63. The second kappa shape index (κ2) is 41.6. The number of rotatable bonds is 40. The monoisotopic (exact) mass is 732 g/mol. The largest absolute Gasteiger partial charge is 0.726 e. The van der Waals surface area contributed by atoms with Gasteiger partial charge in [-0.15, -0.1) is 0 Å². The highest BCUT2D eigenvalue weighted by Gasteiger charge is 2.23. The Bertz CT molecular complexity index is 652. The Labute approximate surface area is 316 Å². The summed E-state index contributed by atoms with van der Waals surface area (Å²) in [6.45, 7) is 15.2. The minimum Gasteiger partial charge on any atom is -0.726 e. The van der Waals surface area contributed by atoms with Crippen LogP contribution in [0.25, 0.3) is 0 Å². The van der Waals surface area contributed by atoms with Gasteiger partial charge in [0.2, 0.25) is 10.4 Å². The molecule has 304 valence electrons. The average molecular weight is 732 g/mol. The van der Waals surface area contributed by atoms with Crippen LogP contribution in [0.15, 0.2) is 0 Å². The van der Waals surface area contributed by atoms with E-state index >= 15 is 0 Å². The molecule has 5 nitrogen and oxygen atoms in total. The lowest BCUT2D eigenvalue weighted by atomic mass is 10.0. The van der Waals surface area contributed by atoms with E-state index in [1.54, 1.807) is 0 Å². The molecule has 1 N–H and O–H groups in total. The summed E-state index contributed by atoms with van der Waals surface area (Å²) in [7, 11) is -4.92. The maximum Gasteiger partial charge on any atom is 0.215 e. The molecule has 0 aromatic heterocycles. The first kappa shape index (κ1) is 51.9. The van der Waals surface area contributed by atoms with E-state index in [0.29, 0.717) is 0 Å². The molecule has 0 rings (SSSR count). The normalized spacial score (nSPS) is 12.0. The molecule has 0 aromatic rings. The second-order valence-corrected chi connectivity index (χ2v) is 16.8. The highest BCUT2D eigenvalue weighted by Crippen LogP contribution is 2.20. The minimum atomic E-state index is -4.92. The lowest BCUT2D eigenvalue weighted by Gasteiger charge is -2.38. The zero-order chi connectivity index (χ0) is 37.3. The van der Waals surface area contributed by atoms with Gasteiger partial charge in [0, 0.05) is 0 Å². The number of hydrogen-bond acceptors (Lipinski definition) is 3. The molecular formula is C44H93NO4S. The van der Waals surface area contributed by atoms with Gasteiger partial charge in [0.05, 0.1) is 26.2 Å². The molecule has 0 aromatic carbocycles. The van der Waals surface area contributed by atoms with E-state index in [-0.39, 0.29) is 0 Å². The van der Waals surface area contributed by atoms with E-state index in [2.05, 4.69) is 27.7 Å². The van der Waals surface area contributed by atoms with Gasteiger partial charge in [0.15, 0.2) is 0 Å². The van der Waals surface area contributed by atoms with Crippen molar-refractivity contribution in [2.75, 3.05) is 26.2 Å². The summed E-state index contributed by atoms with van der Waals surface area (Å²) in [5.41, 5.74) is 0. The van der Waals surface area contributed by atoms with Crippen molar-refractivity contribution in [2.24, 2.45) is 0 Å². The highest BCUT2D eigenvalue weighted by molar-refractivity contribution is 7.79. The smallest absolute Gasteiger partial charge is 0.215 e. The topological polar surface area (TPSA) is 77.4 Å². The molecule has 0 amide bonds. The fourth-order valence-corrected chi connectivity index (χ4v) is 7.67. The van der Waals surface area contributed by atoms with Gasteiger partial charge in [-0.3, -0.25) is 4.55 Å². The lowest BCUT2D eigenvalue weighted by Crippen LogP contribution is -2.50. The van der Waals surface area contributed by atoms with Crippen LogP contribution < -0.4 is 0 Å². The number of nitrogens with zero attached hydrogens (tertiary/aromatic N) is 1. The zero-order valence-electron chi connectivity index (χ0n) is 34.8. The van der Waals surface area contributed by atoms with Crippen LogP contribution in [0.1, 0.15) is 259 Å². The van der Waals surface area contributed by atoms with Crippen molar-refractivity contribution in [2.45, 2.75) is 259 Å². The number of quaternary nitrogens is 1. The predicted molar refractivity (Wildman–Crippen MR) is 221 cm³/mol. The van der Waals surface area contributed by atoms with Gasteiger partial charge in [0.1, 0.15) is 0 Å². The molecule has 0 aliphatic carbocycles. The van der Waals surface area contributed by atoms with E-state index in [0.717, 1.165) is 0 Å². The van der Waals surface area contributed by atoms with Crippen molar-refractivity contribution in [1.29, 1.82) is 0 Å². The molecule has 0 atom stereocenters. The third-order valence-corrected chi connectivity index (χ3v) is 11.1. The standard InChI is InChI=1S/C44H92N.H2O4S/c1-5-9-12-15-18-21-24-27-30-33-36-39-42-45(8-4,43-40-37-34-31-28-25-22-19-16-13-10-6-2)44-41-38-35-32-29-26-23-20-17-14-11-7-3;1-5(2,3)4/h5-44H2,1-4H3;(H2,1,2,3,4)/q+1;/p-1. The van der Waals surface area contributed by atoms with Crippen molar-refractivity contribution >= 4 is 10.4 Å². The molecule has 0 aliphatic rings. The molecule has 0 saturated carbocycles. The van der Waals surface area contributed by atoms with E-state index in [1.165, 1.54) is 262 Å². The fraction of sp³-hybridized carbons (Fsp3) is 1.00. The Morgan fingerprint density at radius 2 is 0.480 bits per heavy atom. The van der Waals surface area contributed by atoms with Gasteiger partial charge in [-0.05, 0) is 45.4 Å². The molecule has 6 heteroatoms. The van der Waals surface area contributed by atoms with Crippen molar-refractivity contribution in [3.05, 3.63) is 0 Å². The summed E-state index contributed by atoms with van der Waals surface area (Å²) in [5.74, 6) is 0. The molecule has 0 unspecified atom stereocenters. The Kier molecular flexibility index (Phi) is 43.2. The summed E-state index contributed by atoms with van der Waals surface area (Å²) in [5, 5.41) is 0. The molecule has 0 spiro atoms. The van der Waals surface area contributed by atoms with Gasteiger partial charge in [-0.1, -0.05) is 213 Å². The zero-order valence-corrected chi connectivity index (χ0v) is 35.6. The molecule has 0 bridgehead atoms. The highest BCUT2D eigenvalue weighted by atomic mass is 32.3. The Balaban J connectivity index is 0. The maximum atomic E-state index is 8.63. The SMILES string of the molecule is CCCCCCCCCCCCCC[N+](CC)(CCCCCCCCCCCCCC)CCCCCCCCCCCCCC.O=S(=O)([O-])O. The van der Waals surface area contributed by atoms with Gasteiger partial charge in [-0.25, -0.2) is 8.42 Å². The third-order valence-electron chi connectivity index (χ3n) is 11.1. The van der Waals surface area contributed by atoms with Gasteiger partial charge in [0.25, 0.3) is 0 Å². The fourth-order valence-electron chi connectivity index (χ4n) is 7.67. The Morgan fingerprint density at radius 1 is 0.340 bits per heavy atom. The Hall–Kier alpha value is -0.170. The molecular weight excluding hydrogens is 639 g/mol. The average Bonchev–Trinajstić information content (AvgIpc) is 3.08. The van der Waals surface area contributed by atoms with Crippen molar-refractivity contribution in [1.82, 2.24) is 0 Å². The first-order valence-electron chi connectivity index (χ1n) is 22.8. The van der Waals surface area contributed by atoms with Crippen LogP contribution in [-0.4, -0.2) is 48.2 Å². The van der Waals surface area contributed by atoms with E-state index < -0.39 is 10.4 Å². The molecule has 0 radical (unpaired) electrons. The summed E-state index contributed by atoms with van der Waals surface area (Å²) in [6.07, 6.45) is 52.8. The van der Waals surface area contributed by atoms with E-state index in [4.69, 9.17) is 17.5 Å².